The summed E-state index contributed by atoms with van der Waals surface area (Å²) >= 11 is 3.50. The maximum Gasteiger partial charge on any atom is 0.342 e. The lowest BCUT2D eigenvalue weighted by Crippen LogP contribution is -2.42. The van der Waals surface area contributed by atoms with Crippen LogP contribution in [0.5, 0.6) is 0 Å². The third kappa shape index (κ3) is 11.9. The SMILES string of the molecule is CCOC(=O)C1(OCCCCCCCCCCCCCCCCBr)C=CC(c2ccccc2)=CC1. The van der Waals surface area contributed by atoms with Crippen LogP contribution >= 0.6 is 15.9 Å². The van der Waals surface area contributed by atoms with E-state index in [9.17, 15) is 4.79 Å². The molecule has 35 heavy (non-hydrogen) atoms. The van der Waals surface area contributed by atoms with Gasteiger partial charge in [0.05, 0.1) is 6.61 Å². The smallest absolute Gasteiger partial charge is 0.342 e. The average molecular weight is 548 g/mol. The van der Waals surface area contributed by atoms with Gasteiger partial charge < -0.3 is 9.47 Å². The summed E-state index contributed by atoms with van der Waals surface area (Å²) in [5, 5.41) is 1.15. The highest BCUT2D eigenvalue weighted by molar-refractivity contribution is 9.09. The lowest BCUT2D eigenvalue weighted by Gasteiger charge is -2.30. The first-order valence-corrected chi connectivity index (χ1v) is 15.2. The highest BCUT2D eigenvalue weighted by atomic mass is 79.9. The van der Waals surface area contributed by atoms with Crippen LogP contribution in [0.15, 0.2) is 48.6 Å². The van der Waals surface area contributed by atoms with Crippen LogP contribution in [0.25, 0.3) is 5.57 Å². The first-order chi connectivity index (χ1) is 17.2. The van der Waals surface area contributed by atoms with Gasteiger partial charge in [-0.25, -0.2) is 4.79 Å². The van der Waals surface area contributed by atoms with Crippen molar-refractivity contribution in [3.8, 4) is 0 Å². The van der Waals surface area contributed by atoms with Crippen LogP contribution in [0.1, 0.15) is 109 Å². The molecule has 1 aliphatic rings. The highest BCUT2D eigenvalue weighted by Gasteiger charge is 2.39. The summed E-state index contributed by atoms with van der Waals surface area (Å²) in [4.78, 5) is 12.7. The Kier molecular flexibility index (Phi) is 16.0. The van der Waals surface area contributed by atoms with Crippen LogP contribution in [0.3, 0.4) is 0 Å². The lowest BCUT2D eigenvalue weighted by molar-refractivity contribution is -0.165. The molecule has 0 saturated carbocycles. The molecule has 0 amide bonds. The number of hydrogen-bond acceptors (Lipinski definition) is 3. The van der Waals surface area contributed by atoms with Crippen LogP contribution in [0.2, 0.25) is 0 Å². The Morgan fingerprint density at radius 2 is 1.37 bits per heavy atom. The van der Waals surface area contributed by atoms with Gasteiger partial charge in [0.2, 0.25) is 0 Å². The summed E-state index contributed by atoms with van der Waals surface area (Å²) in [6.45, 7) is 2.80. The second kappa shape index (κ2) is 18.8. The zero-order valence-corrected chi connectivity index (χ0v) is 23.5. The zero-order valence-electron chi connectivity index (χ0n) is 21.9. The Morgan fingerprint density at radius 3 is 1.86 bits per heavy atom. The predicted octanol–water partition coefficient (Wildman–Crippen LogP) is 9.20. The van der Waals surface area contributed by atoms with Gasteiger partial charge in [0, 0.05) is 18.4 Å². The maximum atomic E-state index is 12.7. The molecule has 0 N–H and O–H groups in total. The van der Waals surface area contributed by atoms with Crippen molar-refractivity contribution in [3.05, 3.63) is 54.1 Å². The van der Waals surface area contributed by atoms with Crippen molar-refractivity contribution in [1.82, 2.24) is 0 Å². The van der Waals surface area contributed by atoms with E-state index >= 15 is 0 Å². The molecule has 4 heteroatoms. The van der Waals surface area contributed by atoms with Crippen LogP contribution in [0, 0.1) is 0 Å². The number of halogens is 1. The standard InChI is InChI=1S/C31H47BrO3/c1-2-34-30(33)31(24-22-29(23-25-31)28-20-16-15-17-21-28)35-27-19-14-12-10-8-6-4-3-5-7-9-11-13-18-26-32/h15-17,20-24H,2-14,18-19,25-27H2,1H3. The van der Waals surface area contributed by atoms with E-state index in [-0.39, 0.29) is 5.97 Å². The summed E-state index contributed by atoms with van der Waals surface area (Å²) < 4.78 is 11.5. The molecule has 0 radical (unpaired) electrons. The Morgan fingerprint density at radius 1 is 0.829 bits per heavy atom. The number of rotatable bonds is 20. The zero-order chi connectivity index (χ0) is 25.0. The molecule has 0 aliphatic heterocycles. The van der Waals surface area contributed by atoms with Gasteiger partial charge in [0.25, 0.3) is 0 Å². The molecule has 1 unspecified atom stereocenters. The minimum absolute atomic E-state index is 0.279. The molecule has 0 heterocycles. The van der Waals surface area contributed by atoms with Gasteiger partial charge in [-0.05, 0) is 37.0 Å². The highest BCUT2D eigenvalue weighted by Crippen LogP contribution is 2.31. The Labute approximate surface area is 222 Å². The van der Waals surface area contributed by atoms with Crippen molar-refractivity contribution in [1.29, 1.82) is 0 Å². The van der Waals surface area contributed by atoms with Gasteiger partial charge in [-0.2, -0.15) is 0 Å². The molecule has 1 atom stereocenters. The Balaban J connectivity index is 1.56. The minimum atomic E-state index is -0.984. The monoisotopic (exact) mass is 546 g/mol. The van der Waals surface area contributed by atoms with Crippen molar-refractivity contribution < 1.29 is 14.3 Å². The van der Waals surface area contributed by atoms with E-state index in [1.165, 1.54) is 77.0 Å². The fourth-order valence-corrected chi connectivity index (χ4v) is 5.01. The number of alkyl halides is 1. The summed E-state index contributed by atoms with van der Waals surface area (Å²) in [6, 6.07) is 10.2. The molecule has 3 nitrogen and oxygen atoms in total. The molecule has 0 saturated heterocycles. The molecule has 2 rings (SSSR count). The van der Waals surface area contributed by atoms with Crippen LogP contribution in [-0.2, 0) is 14.3 Å². The fourth-order valence-electron chi connectivity index (χ4n) is 4.61. The molecule has 0 bridgehead atoms. The number of hydrogen-bond donors (Lipinski definition) is 0. The summed E-state index contributed by atoms with van der Waals surface area (Å²) in [7, 11) is 0. The van der Waals surface area contributed by atoms with Crippen LogP contribution in [0.4, 0.5) is 0 Å². The minimum Gasteiger partial charge on any atom is -0.464 e. The lowest BCUT2D eigenvalue weighted by atomic mass is 9.89. The van der Waals surface area contributed by atoms with Crippen molar-refractivity contribution in [2.45, 2.75) is 109 Å². The number of esters is 1. The molecule has 1 aliphatic carbocycles. The van der Waals surface area contributed by atoms with E-state index in [4.69, 9.17) is 9.47 Å². The summed E-state index contributed by atoms with van der Waals surface area (Å²) in [5.74, 6) is -0.279. The number of benzene rings is 1. The molecule has 1 aromatic rings. The average Bonchev–Trinajstić information content (AvgIpc) is 2.89. The van der Waals surface area contributed by atoms with Crippen molar-refractivity contribution in [2.24, 2.45) is 0 Å². The van der Waals surface area contributed by atoms with Gasteiger partial charge in [0.15, 0.2) is 5.60 Å². The molecular weight excluding hydrogens is 500 g/mol. The van der Waals surface area contributed by atoms with Gasteiger partial charge >= 0.3 is 5.97 Å². The number of allylic oxidation sites excluding steroid dienone is 2. The largest absolute Gasteiger partial charge is 0.464 e. The van der Waals surface area contributed by atoms with Gasteiger partial charge in [-0.3, -0.25) is 0 Å². The van der Waals surface area contributed by atoms with Crippen molar-refractivity contribution >= 4 is 27.5 Å². The molecular formula is C31H47BrO3. The van der Waals surface area contributed by atoms with E-state index in [1.54, 1.807) is 0 Å². The molecule has 0 fully saturated rings. The number of carbonyl (C=O) groups excluding carboxylic acids is 1. The quantitative estimate of drug-likeness (QED) is 0.0927. The summed E-state index contributed by atoms with van der Waals surface area (Å²) in [6.07, 6.45) is 25.0. The van der Waals surface area contributed by atoms with E-state index in [1.807, 2.05) is 37.3 Å². The fraction of sp³-hybridized carbons (Fsp3) is 0.645. The van der Waals surface area contributed by atoms with Crippen molar-refractivity contribution in [3.63, 3.8) is 0 Å². The Bertz CT molecular complexity index is 743. The van der Waals surface area contributed by atoms with E-state index in [0.29, 0.717) is 19.6 Å². The van der Waals surface area contributed by atoms with Crippen LogP contribution in [-0.4, -0.2) is 30.1 Å². The number of carbonyl (C=O) groups is 1. The van der Waals surface area contributed by atoms with Gasteiger partial charge in [-0.15, -0.1) is 0 Å². The normalized spacial score (nSPS) is 17.4. The summed E-state index contributed by atoms with van der Waals surface area (Å²) in [5.41, 5.74) is 1.30. The van der Waals surface area contributed by atoms with Crippen LogP contribution < -0.4 is 0 Å². The number of ether oxygens (including phenoxy) is 2. The van der Waals surface area contributed by atoms with E-state index < -0.39 is 5.60 Å². The molecule has 1 aromatic carbocycles. The molecule has 0 spiro atoms. The Hall–Kier alpha value is -1.39. The topological polar surface area (TPSA) is 35.5 Å². The van der Waals surface area contributed by atoms with E-state index in [0.717, 1.165) is 29.3 Å². The first kappa shape index (κ1) is 29.8. The maximum absolute atomic E-state index is 12.7. The van der Waals surface area contributed by atoms with E-state index in [2.05, 4.69) is 34.1 Å². The first-order valence-electron chi connectivity index (χ1n) is 14.0. The second-order valence-corrected chi connectivity index (χ2v) is 10.5. The van der Waals surface area contributed by atoms with Crippen molar-refractivity contribution in [2.75, 3.05) is 18.5 Å². The third-order valence-corrected chi connectivity index (χ3v) is 7.33. The third-order valence-electron chi connectivity index (χ3n) is 6.77. The molecule has 0 aromatic heterocycles. The molecule has 196 valence electrons. The predicted molar refractivity (Wildman–Crippen MR) is 152 cm³/mol. The van der Waals surface area contributed by atoms with Gasteiger partial charge in [0.1, 0.15) is 0 Å². The number of unbranched alkanes of at least 4 members (excludes halogenated alkanes) is 13. The van der Waals surface area contributed by atoms with Gasteiger partial charge in [-0.1, -0.05) is 135 Å². The second-order valence-electron chi connectivity index (χ2n) is 9.66.